The molecule has 76 valence electrons. The van der Waals surface area contributed by atoms with Crippen molar-refractivity contribution in [2.45, 2.75) is 6.92 Å². The van der Waals surface area contributed by atoms with Crippen LogP contribution in [-0.4, -0.2) is 9.91 Å². The van der Waals surface area contributed by atoms with Gasteiger partial charge in [-0.15, -0.1) is 0 Å². The first-order chi connectivity index (χ1) is 7.11. The van der Waals surface area contributed by atoms with Crippen LogP contribution in [0.25, 0.3) is 10.8 Å². The van der Waals surface area contributed by atoms with E-state index in [1.807, 2.05) is 13.0 Å². The molecule has 2 rings (SSSR count). The summed E-state index contributed by atoms with van der Waals surface area (Å²) in [4.78, 5) is 14.6. The van der Waals surface area contributed by atoms with Crippen LogP contribution in [0.1, 0.15) is 5.56 Å². The molecule has 0 fully saturated rings. The lowest BCUT2D eigenvalue weighted by Crippen LogP contribution is -1.92. The summed E-state index contributed by atoms with van der Waals surface area (Å²) >= 11 is 3.28. The number of benzene rings is 1. The number of fused-ring (bicyclic) bond motifs is 1. The SMILES string of the molecule is Cc1cnc(Br)c2cccc([N+](=O)[O-])c12. The summed E-state index contributed by atoms with van der Waals surface area (Å²) in [7, 11) is 0. The normalized spacial score (nSPS) is 10.5. The number of nitrogens with zero attached hydrogens (tertiary/aromatic N) is 2. The molecular formula is C10H7BrN2O2. The largest absolute Gasteiger partial charge is 0.277 e. The number of rotatable bonds is 1. The molecule has 0 N–H and O–H groups in total. The highest BCUT2D eigenvalue weighted by molar-refractivity contribution is 9.10. The fourth-order valence-corrected chi connectivity index (χ4v) is 2.00. The van der Waals surface area contributed by atoms with Crippen LogP contribution < -0.4 is 0 Å². The Kier molecular flexibility index (Phi) is 2.40. The molecule has 0 bridgehead atoms. The van der Waals surface area contributed by atoms with E-state index in [0.29, 0.717) is 9.99 Å². The van der Waals surface area contributed by atoms with Gasteiger partial charge in [-0.1, -0.05) is 12.1 Å². The summed E-state index contributed by atoms with van der Waals surface area (Å²) in [5.74, 6) is 0. The Bertz CT molecular complexity index is 554. The second-order valence-electron chi connectivity index (χ2n) is 3.19. The molecular weight excluding hydrogens is 260 g/mol. The molecule has 0 unspecified atom stereocenters. The Morgan fingerprint density at radius 2 is 2.20 bits per heavy atom. The van der Waals surface area contributed by atoms with Crippen LogP contribution in [0.15, 0.2) is 29.0 Å². The molecule has 0 amide bonds. The van der Waals surface area contributed by atoms with Gasteiger partial charge in [0.1, 0.15) is 4.60 Å². The molecule has 0 aliphatic heterocycles. The van der Waals surface area contributed by atoms with E-state index in [1.54, 1.807) is 12.3 Å². The molecule has 1 aromatic heterocycles. The molecule has 0 saturated heterocycles. The van der Waals surface area contributed by atoms with Gasteiger partial charge in [0.25, 0.3) is 5.69 Å². The van der Waals surface area contributed by atoms with E-state index in [-0.39, 0.29) is 10.6 Å². The first-order valence-electron chi connectivity index (χ1n) is 4.29. The Balaban J connectivity index is 2.96. The third kappa shape index (κ3) is 1.59. The van der Waals surface area contributed by atoms with E-state index in [1.165, 1.54) is 6.07 Å². The maximum atomic E-state index is 10.8. The van der Waals surface area contributed by atoms with Crippen molar-refractivity contribution in [3.8, 4) is 0 Å². The maximum Gasteiger partial charge on any atom is 0.277 e. The summed E-state index contributed by atoms with van der Waals surface area (Å²) in [5, 5.41) is 12.3. The van der Waals surface area contributed by atoms with Gasteiger partial charge in [-0.2, -0.15) is 0 Å². The summed E-state index contributed by atoms with van der Waals surface area (Å²) in [6, 6.07) is 4.97. The van der Waals surface area contributed by atoms with Gasteiger partial charge in [0, 0.05) is 17.6 Å². The van der Waals surface area contributed by atoms with Gasteiger partial charge in [0.2, 0.25) is 0 Å². The number of halogens is 1. The minimum Gasteiger partial charge on any atom is -0.258 e. The molecule has 5 heteroatoms. The number of aromatic nitrogens is 1. The summed E-state index contributed by atoms with van der Waals surface area (Å²) < 4.78 is 0.631. The van der Waals surface area contributed by atoms with Crippen molar-refractivity contribution in [2.75, 3.05) is 0 Å². The van der Waals surface area contributed by atoms with Crippen molar-refractivity contribution < 1.29 is 4.92 Å². The van der Waals surface area contributed by atoms with Crippen LogP contribution >= 0.6 is 15.9 Å². The first kappa shape index (κ1) is 10.0. The van der Waals surface area contributed by atoms with E-state index in [0.717, 1.165) is 10.9 Å². The molecule has 15 heavy (non-hydrogen) atoms. The molecule has 0 aliphatic carbocycles. The average molecular weight is 267 g/mol. The minimum absolute atomic E-state index is 0.119. The highest BCUT2D eigenvalue weighted by Crippen LogP contribution is 2.31. The standard InChI is InChI=1S/C10H7BrN2O2/c1-6-5-12-10(11)7-3-2-4-8(9(6)7)13(14)15/h2-5H,1H3. The zero-order chi connectivity index (χ0) is 11.0. The third-order valence-electron chi connectivity index (χ3n) is 2.23. The minimum atomic E-state index is -0.373. The fourth-order valence-electron chi connectivity index (χ4n) is 1.57. The van der Waals surface area contributed by atoms with E-state index in [9.17, 15) is 10.1 Å². The van der Waals surface area contributed by atoms with Crippen molar-refractivity contribution in [3.63, 3.8) is 0 Å². The topological polar surface area (TPSA) is 56.0 Å². The predicted molar refractivity (Wildman–Crippen MR) is 60.8 cm³/mol. The number of pyridine rings is 1. The number of nitro groups is 1. The van der Waals surface area contributed by atoms with Gasteiger partial charge in [-0.3, -0.25) is 10.1 Å². The van der Waals surface area contributed by atoms with Gasteiger partial charge in [0.05, 0.1) is 10.3 Å². The van der Waals surface area contributed by atoms with Gasteiger partial charge in [-0.05, 0) is 28.4 Å². The van der Waals surface area contributed by atoms with Crippen LogP contribution in [0, 0.1) is 17.0 Å². The lowest BCUT2D eigenvalue weighted by molar-refractivity contribution is -0.383. The van der Waals surface area contributed by atoms with Gasteiger partial charge in [-0.25, -0.2) is 4.98 Å². The first-order valence-corrected chi connectivity index (χ1v) is 5.09. The lowest BCUT2D eigenvalue weighted by Gasteiger charge is -2.03. The molecule has 1 aromatic carbocycles. The van der Waals surface area contributed by atoms with Crippen LogP contribution in [0.2, 0.25) is 0 Å². The monoisotopic (exact) mass is 266 g/mol. The second-order valence-corrected chi connectivity index (χ2v) is 3.94. The fraction of sp³-hybridized carbons (Fsp3) is 0.100. The summed E-state index contributed by atoms with van der Waals surface area (Å²) in [6.07, 6.45) is 1.62. The van der Waals surface area contributed by atoms with Crippen molar-refractivity contribution in [1.29, 1.82) is 0 Å². The zero-order valence-corrected chi connectivity index (χ0v) is 9.48. The van der Waals surface area contributed by atoms with Crippen molar-refractivity contribution in [3.05, 3.63) is 44.7 Å². The summed E-state index contributed by atoms with van der Waals surface area (Å²) in [5.41, 5.74) is 0.925. The molecule has 2 aromatic rings. The van der Waals surface area contributed by atoms with Crippen molar-refractivity contribution in [1.82, 2.24) is 4.98 Å². The zero-order valence-electron chi connectivity index (χ0n) is 7.90. The van der Waals surface area contributed by atoms with Crippen molar-refractivity contribution in [2.24, 2.45) is 0 Å². The van der Waals surface area contributed by atoms with E-state index in [4.69, 9.17) is 0 Å². The van der Waals surface area contributed by atoms with E-state index in [2.05, 4.69) is 20.9 Å². The highest BCUT2D eigenvalue weighted by Gasteiger charge is 2.15. The second kappa shape index (κ2) is 3.58. The molecule has 0 saturated carbocycles. The van der Waals surface area contributed by atoms with Crippen LogP contribution in [-0.2, 0) is 0 Å². The highest BCUT2D eigenvalue weighted by atomic mass is 79.9. The molecule has 0 atom stereocenters. The quantitative estimate of drug-likeness (QED) is 0.453. The van der Waals surface area contributed by atoms with Crippen molar-refractivity contribution >= 4 is 32.4 Å². The third-order valence-corrected chi connectivity index (χ3v) is 2.86. The Labute approximate surface area is 94.2 Å². The van der Waals surface area contributed by atoms with Gasteiger partial charge < -0.3 is 0 Å². The van der Waals surface area contributed by atoms with Gasteiger partial charge >= 0.3 is 0 Å². The molecule has 0 aliphatic rings. The predicted octanol–water partition coefficient (Wildman–Crippen LogP) is 3.21. The van der Waals surface area contributed by atoms with E-state index < -0.39 is 0 Å². The number of aryl methyl sites for hydroxylation is 1. The average Bonchev–Trinajstić information content (AvgIpc) is 2.23. The number of nitro benzene ring substituents is 1. The number of hydrogen-bond acceptors (Lipinski definition) is 3. The van der Waals surface area contributed by atoms with Gasteiger partial charge in [0.15, 0.2) is 0 Å². The molecule has 4 nitrogen and oxygen atoms in total. The molecule has 0 radical (unpaired) electrons. The van der Waals surface area contributed by atoms with Crippen LogP contribution in [0.3, 0.4) is 0 Å². The number of hydrogen-bond donors (Lipinski definition) is 0. The lowest BCUT2D eigenvalue weighted by atomic mass is 10.1. The summed E-state index contributed by atoms with van der Waals surface area (Å²) in [6.45, 7) is 1.81. The van der Waals surface area contributed by atoms with E-state index >= 15 is 0 Å². The maximum absolute atomic E-state index is 10.8. The Morgan fingerprint density at radius 1 is 1.47 bits per heavy atom. The Hall–Kier alpha value is -1.49. The molecule has 1 heterocycles. The van der Waals surface area contributed by atoms with Crippen LogP contribution in [0.5, 0.6) is 0 Å². The molecule has 0 spiro atoms. The van der Waals surface area contributed by atoms with Crippen LogP contribution in [0.4, 0.5) is 5.69 Å². The number of non-ortho nitro benzene ring substituents is 1. The Morgan fingerprint density at radius 3 is 2.87 bits per heavy atom. The smallest absolute Gasteiger partial charge is 0.258 e.